The minimum atomic E-state index is -0.848. The number of amides is 1. The molecule has 0 aliphatic rings. The van der Waals surface area contributed by atoms with Crippen LogP contribution in [-0.2, 0) is 30.5 Å². The lowest BCUT2D eigenvalue weighted by Gasteiger charge is -2.30. The Kier molecular flexibility index (Phi) is 7.75. The molecule has 0 N–H and O–H groups in total. The number of hydrogen-bond acceptors (Lipinski definition) is 5. The summed E-state index contributed by atoms with van der Waals surface area (Å²) in [6.07, 6.45) is -0.0650. The Morgan fingerprint density at radius 3 is 2.07 bits per heavy atom. The predicted molar refractivity (Wildman–Crippen MR) is 105 cm³/mol. The number of rotatable bonds is 8. The molecule has 0 fully saturated rings. The maximum absolute atomic E-state index is 13.0. The molecule has 0 saturated carbocycles. The van der Waals surface area contributed by atoms with Gasteiger partial charge in [0.25, 0.3) is 0 Å². The van der Waals surface area contributed by atoms with Crippen molar-refractivity contribution < 1.29 is 23.9 Å². The molecule has 1 unspecified atom stereocenters. The number of carbonyl (C=O) groups excluding carboxylic acids is 3. The van der Waals surface area contributed by atoms with Gasteiger partial charge in [-0.15, -0.1) is 0 Å². The van der Waals surface area contributed by atoms with E-state index < -0.39 is 23.9 Å². The topological polar surface area (TPSA) is 72.9 Å². The number of esters is 2. The number of nitrogens with zero attached hydrogens (tertiary/aromatic N) is 1. The van der Waals surface area contributed by atoms with Crippen LogP contribution in [0.5, 0.6) is 0 Å². The summed E-state index contributed by atoms with van der Waals surface area (Å²) in [6.45, 7) is 3.37. The average Bonchev–Trinajstić information content (AvgIpc) is 2.73. The largest absolute Gasteiger partial charge is 0.469 e. The Morgan fingerprint density at radius 1 is 0.929 bits per heavy atom. The predicted octanol–water partition coefficient (Wildman–Crippen LogP) is 3.35. The van der Waals surface area contributed by atoms with Crippen LogP contribution in [-0.4, -0.2) is 31.0 Å². The lowest BCUT2D eigenvalue weighted by molar-refractivity contribution is -0.147. The van der Waals surface area contributed by atoms with Crippen molar-refractivity contribution in [3.05, 3.63) is 66.2 Å². The fourth-order valence-corrected chi connectivity index (χ4v) is 2.74. The molecule has 0 saturated heterocycles. The van der Waals surface area contributed by atoms with Gasteiger partial charge in [0.15, 0.2) is 0 Å². The molecule has 2 rings (SSSR count). The zero-order valence-electron chi connectivity index (χ0n) is 16.3. The van der Waals surface area contributed by atoms with E-state index in [1.807, 2.05) is 36.4 Å². The molecular formula is C22H25NO5. The van der Waals surface area contributed by atoms with Crippen molar-refractivity contribution in [1.29, 1.82) is 0 Å². The summed E-state index contributed by atoms with van der Waals surface area (Å²) in [5.74, 6) is -1.99. The van der Waals surface area contributed by atoms with E-state index in [9.17, 15) is 14.4 Å². The molecule has 0 radical (unpaired) electrons. The Morgan fingerprint density at radius 2 is 1.50 bits per heavy atom. The quantitative estimate of drug-likeness (QED) is 0.654. The van der Waals surface area contributed by atoms with E-state index in [1.54, 1.807) is 38.1 Å². The van der Waals surface area contributed by atoms with Gasteiger partial charge in [0.2, 0.25) is 5.91 Å². The Bertz CT molecular complexity index is 791. The molecule has 0 bridgehead atoms. The number of para-hydroxylation sites is 1. The Balaban J connectivity index is 2.17. The highest BCUT2D eigenvalue weighted by molar-refractivity contribution is 6.01. The van der Waals surface area contributed by atoms with Crippen LogP contribution in [0.25, 0.3) is 0 Å². The number of methoxy groups -OCH3 is 1. The fraction of sp³-hybridized carbons (Fsp3) is 0.318. The number of ether oxygens (including phenoxy) is 2. The van der Waals surface area contributed by atoms with E-state index >= 15 is 0 Å². The summed E-state index contributed by atoms with van der Waals surface area (Å²) in [7, 11) is 1.28. The second kappa shape index (κ2) is 10.3. The molecular weight excluding hydrogens is 358 g/mol. The maximum atomic E-state index is 13.0. The normalized spacial score (nSPS) is 12.5. The second-order valence-corrected chi connectivity index (χ2v) is 6.49. The van der Waals surface area contributed by atoms with Crippen molar-refractivity contribution in [2.75, 3.05) is 12.0 Å². The number of anilines is 1. The van der Waals surface area contributed by atoms with Crippen LogP contribution in [0.3, 0.4) is 0 Å². The van der Waals surface area contributed by atoms with Crippen LogP contribution in [0.15, 0.2) is 60.7 Å². The molecule has 0 aliphatic carbocycles. The van der Waals surface area contributed by atoms with Crippen LogP contribution < -0.4 is 4.90 Å². The number of carbonyl (C=O) groups is 3. The highest BCUT2D eigenvalue weighted by Crippen LogP contribution is 2.22. The van der Waals surface area contributed by atoms with Crippen molar-refractivity contribution in [3.8, 4) is 0 Å². The first-order valence-electron chi connectivity index (χ1n) is 9.09. The highest BCUT2D eigenvalue weighted by atomic mass is 16.5. The summed E-state index contributed by atoms with van der Waals surface area (Å²) < 4.78 is 10.1. The molecule has 0 heterocycles. The first kappa shape index (κ1) is 21.2. The summed E-state index contributed by atoms with van der Waals surface area (Å²) >= 11 is 0. The first-order chi connectivity index (χ1) is 13.4. The van der Waals surface area contributed by atoms with Crippen molar-refractivity contribution in [3.63, 3.8) is 0 Å². The molecule has 2 atom stereocenters. The lowest BCUT2D eigenvalue weighted by atomic mass is 10.0. The van der Waals surface area contributed by atoms with Gasteiger partial charge in [-0.3, -0.25) is 14.5 Å². The molecule has 148 valence electrons. The average molecular weight is 383 g/mol. The lowest BCUT2D eigenvalue weighted by Crippen LogP contribution is -2.47. The minimum absolute atomic E-state index is 0.0650. The Hall–Kier alpha value is -3.15. The third-order valence-electron chi connectivity index (χ3n) is 4.35. The first-order valence-corrected chi connectivity index (χ1v) is 9.09. The minimum Gasteiger partial charge on any atom is -0.469 e. The molecule has 6 nitrogen and oxygen atoms in total. The van der Waals surface area contributed by atoms with Gasteiger partial charge in [0, 0.05) is 11.6 Å². The molecule has 1 amide bonds. The zero-order valence-corrected chi connectivity index (χ0v) is 16.3. The van der Waals surface area contributed by atoms with Gasteiger partial charge in [-0.25, -0.2) is 4.79 Å². The number of benzene rings is 2. The maximum Gasteiger partial charge on any atom is 0.329 e. The highest BCUT2D eigenvalue weighted by Gasteiger charge is 2.32. The van der Waals surface area contributed by atoms with E-state index in [1.165, 1.54) is 12.0 Å². The Labute approximate surface area is 165 Å². The third kappa shape index (κ3) is 5.67. The zero-order chi connectivity index (χ0) is 20.5. The van der Waals surface area contributed by atoms with Crippen molar-refractivity contribution in [2.45, 2.75) is 32.9 Å². The summed E-state index contributed by atoms with van der Waals surface area (Å²) in [6, 6.07) is 17.3. The molecule has 28 heavy (non-hydrogen) atoms. The standard InChI is InChI=1S/C22H25NO5/c1-16(14-20(24)27-3)21(25)23(19-12-8-5-9-13-19)17(2)22(26)28-15-18-10-6-4-7-11-18/h4-13,16-17H,14-15H2,1-3H3/t16?,17-/m0/s1. The van der Waals surface area contributed by atoms with E-state index in [0.717, 1.165) is 5.56 Å². The summed E-state index contributed by atoms with van der Waals surface area (Å²) in [5.41, 5.74) is 1.42. The fourth-order valence-electron chi connectivity index (χ4n) is 2.74. The van der Waals surface area contributed by atoms with Gasteiger partial charge in [-0.05, 0) is 24.6 Å². The van der Waals surface area contributed by atoms with E-state index in [2.05, 4.69) is 4.74 Å². The SMILES string of the molecule is COC(=O)CC(C)C(=O)N(c1ccccc1)[C@@H](C)C(=O)OCc1ccccc1. The van der Waals surface area contributed by atoms with Gasteiger partial charge < -0.3 is 9.47 Å². The van der Waals surface area contributed by atoms with Crippen LogP contribution in [0.2, 0.25) is 0 Å². The molecule has 6 heteroatoms. The monoisotopic (exact) mass is 383 g/mol. The van der Waals surface area contributed by atoms with E-state index in [-0.39, 0.29) is 18.9 Å². The van der Waals surface area contributed by atoms with Crippen molar-refractivity contribution >= 4 is 23.5 Å². The van der Waals surface area contributed by atoms with Gasteiger partial charge >= 0.3 is 11.9 Å². The molecule has 2 aromatic carbocycles. The van der Waals surface area contributed by atoms with Crippen LogP contribution in [0.1, 0.15) is 25.8 Å². The van der Waals surface area contributed by atoms with E-state index in [4.69, 9.17) is 4.74 Å². The van der Waals surface area contributed by atoms with Crippen molar-refractivity contribution in [1.82, 2.24) is 0 Å². The van der Waals surface area contributed by atoms with Gasteiger partial charge in [-0.2, -0.15) is 0 Å². The third-order valence-corrected chi connectivity index (χ3v) is 4.35. The smallest absolute Gasteiger partial charge is 0.329 e. The van der Waals surface area contributed by atoms with Crippen LogP contribution >= 0.6 is 0 Å². The summed E-state index contributed by atoms with van der Waals surface area (Å²) in [5, 5.41) is 0. The summed E-state index contributed by atoms with van der Waals surface area (Å²) in [4.78, 5) is 38.6. The molecule has 0 aliphatic heterocycles. The van der Waals surface area contributed by atoms with Crippen molar-refractivity contribution in [2.24, 2.45) is 5.92 Å². The van der Waals surface area contributed by atoms with Crippen LogP contribution in [0, 0.1) is 5.92 Å². The molecule has 2 aromatic rings. The van der Waals surface area contributed by atoms with Gasteiger partial charge in [-0.1, -0.05) is 55.5 Å². The second-order valence-electron chi connectivity index (χ2n) is 6.49. The van der Waals surface area contributed by atoms with Crippen LogP contribution in [0.4, 0.5) is 5.69 Å². The number of hydrogen-bond donors (Lipinski definition) is 0. The molecule has 0 spiro atoms. The molecule has 0 aromatic heterocycles. The van der Waals surface area contributed by atoms with Gasteiger partial charge in [0.1, 0.15) is 12.6 Å². The van der Waals surface area contributed by atoms with E-state index in [0.29, 0.717) is 5.69 Å². The van der Waals surface area contributed by atoms with Gasteiger partial charge in [0.05, 0.1) is 13.5 Å².